The van der Waals surface area contributed by atoms with Crippen LogP contribution in [0.5, 0.6) is 0 Å². The van der Waals surface area contributed by atoms with Crippen molar-refractivity contribution in [2.75, 3.05) is 39.3 Å². The second kappa shape index (κ2) is 7.56. The molecule has 2 aliphatic rings. The van der Waals surface area contributed by atoms with Crippen LogP contribution in [0.3, 0.4) is 0 Å². The molecule has 2 heterocycles. The molecular formula is C17H34N4O3. The zero-order valence-corrected chi connectivity index (χ0v) is 16.0. The molecule has 2 rings (SSSR count). The molecule has 0 aromatic heterocycles. The summed E-state index contributed by atoms with van der Waals surface area (Å²) >= 11 is 0. The lowest BCUT2D eigenvalue weighted by atomic mass is 9.85. The molecule has 24 heavy (non-hydrogen) atoms. The highest BCUT2D eigenvalue weighted by Gasteiger charge is 2.38. The summed E-state index contributed by atoms with van der Waals surface area (Å²) in [6, 6.07) is 0.250. The van der Waals surface area contributed by atoms with E-state index in [4.69, 9.17) is 9.68 Å². The van der Waals surface area contributed by atoms with Crippen molar-refractivity contribution < 1.29 is 14.5 Å². The maximum absolute atomic E-state index is 12.4. The summed E-state index contributed by atoms with van der Waals surface area (Å²) in [6.07, 6.45) is -0.637. The smallest absolute Gasteiger partial charge is 0.334 e. The van der Waals surface area contributed by atoms with Crippen molar-refractivity contribution in [3.05, 3.63) is 0 Å². The van der Waals surface area contributed by atoms with Crippen LogP contribution in [0.4, 0.5) is 4.79 Å². The quantitative estimate of drug-likeness (QED) is 0.790. The van der Waals surface area contributed by atoms with Gasteiger partial charge in [0.2, 0.25) is 0 Å². The number of rotatable bonds is 2. The molecular weight excluding hydrogens is 308 g/mol. The first-order chi connectivity index (χ1) is 11.1. The van der Waals surface area contributed by atoms with Crippen LogP contribution in [0.15, 0.2) is 0 Å². The van der Waals surface area contributed by atoms with Gasteiger partial charge < -0.3 is 20.3 Å². The van der Waals surface area contributed by atoms with Crippen molar-refractivity contribution in [1.82, 2.24) is 20.8 Å². The van der Waals surface area contributed by atoms with Gasteiger partial charge >= 0.3 is 6.16 Å². The van der Waals surface area contributed by atoms with E-state index in [0.717, 1.165) is 26.2 Å². The second-order valence-electron chi connectivity index (χ2n) is 8.89. The van der Waals surface area contributed by atoms with E-state index in [1.54, 1.807) is 10.1 Å². The Kier molecular flexibility index (Phi) is 6.12. The van der Waals surface area contributed by atoms with Gasteiger partial charge in [-0.25, -0.2) is 0 Å². The molecule has 0 saturated carbocycles. The van der Waals surface area contributed by atoms with Crippen LogP contribution in [0, 0.1) is 10.8 Å². The first-order valence-electron chi connectivity index (χ1n) is 8.93. The number of nitrogens with one attached hydrogen (secondary N) is 2. The number of carbonyl (C=O) groups excluding carboxylic acids is 1. The van der Waals surface area contributed by atoms with Crippen LogP contribution >= 0.6 is 0 Å². The molecule has 7 nitrogen and oxygen atoms in total. The summed E-state index contributed by atoms with van der Waals surface area (Å²) in [5.41, 5.74) is 0.0212. The van der Waals surface area contributed by atoms with Gasteiger partial charge in [-0.2, -0.15) is 4.79 Å². The van der Waals surface area contributed by atoms with Crippen molar-refractivity contribution in [2.24, 2.45) is 10.8 Å². The van der Waals surface area contributed by atoms with E-state index >= 15 is 0 Å². The van der Waals surface area contributed by atoms with E-state index in [2.05, 4.69) is 52.2 Å². The minimum atomic E-state index is -0.637. The van der Waals surface area contributed by atoms with E-state index in [1.807, 2.05) is 0 Å². The predicted molar refractivity (Wildman–Crippen MR) is 93.2 cm³/mol. The fourth-order valence-electron chi connectivity index (χ4n) is 3.27. The largest absolute Gasteiger partial charge is 0.547 e. The number of hydrogen-bond donors (Lipinski definition) is 2. The third-order valence-corrected chi connectivity index (χ3v) is 4.77. The average Bonchev–Trinajstić information content (AvgIpc) is 2.46. The molecule has 2 atom stereocenters. The van der Waals surface area contributed by atoms with Crippen molar-refractivity contribution in [1.29, 1.82) is 0 Å². The third-order valence-electron chi connectivity index (χ3n) is 4.77. The van der Waals surface area contributed by atoms with E-state index in [-0.39, 0.29) is 22.9 Å². The average molecular weight is 342 g/mol. The maximum Gasteiger partial charge on any atom is 0.547 e. The second-order valence-corrected chi connectivity index (χ2v) is 8.89. The summed E-state index contributed by atoms with van der Waals surface area (Å²) in [7, 11) is 0. The Morgan fingerprint density at radius 3 is 1.54 bits per heavy atom. The molecule has 2 aliphatic heterocycles. The van der Waals surface area contributed by atoms with Gasteiger partial charge in [0.25, 0.3) is 0 Å². The summed E-state index contributed by atoms with van der Waals surface area (Å²) in [5.74, 6) is 0. The minimum absolute atomic E-state index is 0.0106. The molecule has 0 radical (unpaired) electrons. The molecule has 7 heteroatoms. The number of carbonyl (C=O) groups is 1. The van der Waals surface area contributed by atoms with Crippen molar-refractivity contribution >= 4 is 6.16 Å². The number of hydroxylamine groups is 4. The lowest BCUT2D eigenvalue weighted by molar-refractivity contribution is -0.235. The maximum atomic E-state index is 12.4. The first-order valence-corrected chi connectivity index (χ1v) is 8.93. The van der Waals surface area contributed by atoms with Gasteiger partial charge in [0.1, 0.15) is 0 Å². The monoisotopic (exact) mass is 342 g/mol. The fraction of sp³-hybridized carbons (Fsp3) is 0.941. The zero-order valence-electron chi connectivity index (χ0n) is 16.0. The molecule has 0 spiro atoms. The van der Waals surface area contributed by atoms with Crippen molar-refractivity contribution in [3.63, 3.8) is 0 Å². The Morgan fingerprint density at radius 2 is 1.21 bits per heavy atom. The standard InChI is InChI=1S/C17H34N4O3/c1-16(2,3)13-11-18-7-9-20(13)23-15(22)24-21-10-8-19-12-14(21)17(4,5)6/h13-14,18-19H,7-12H2,1-6H3. The molecule has 0 bridgehead atoms. The van der Waals surface area contributed by atoms with Gasteiger partial charge in [-0.05, 0) is 10.8 Å². The van der Waals surface area contributed by atoms with Gasteiger partial charge in [0.05, 0.1) is 12.1 Å². The Hall–Kier alpha value is -0.890. The van der Waals surface area contributed by atoms with E-state index < -0.39 is 6.16 Å². The van der Waals surface area contributed by atoms with E-state index in [9.17, 15) is 4.79 Å². The Morgan fingerprint density at radius 1 is 0.833 bits per heavy atom. The normalized spacial score (nSPS) is 27.8. The first kappa shape index (κ1) is 19.4. The highest BCUT2D eigenvalue weighted by Crippen LogP contribution is 2.27. The van der Waals surface area contributed by atoms with Gasteiger partial charge in [-0.3, -0.25) is 0 Å². The van der Waals surface area contributed by atoms with E-state index in [1.165, 1.54) is 0 Å². The topological polar surface area (TPSA) is 66.1 Å². The number of nitrogens with zero attached hydrogens (tertiary/aromatic N) is 2. The predicted octanol–water partition coefficient (Wildman–Crippen LogP) is 1.61. The lowest BCUT2D eigenvalue weighted by Crippen LogP contribution is -2.59. The van der Waals surface area contributed by atoms with Gasteiger partial charge in [0, 0.05) is 39.3 Å². The lowest BCUT2D eigenvalue weighted by Gasteiger charge is -2.43. The summed E-state index contributed by atoms with van der Waals surface area (Å²) in [4.78, 5) is 23.5. The molecule has 2 N–H and O–H groups in total. The van der Waals surface area contributed by atoms with Crippen molar-refractivity contribution in [3.8, 4) is 0 Å². The van der Waals surface area contributed by atoms with Crippen LogP contribution in [0.25, 0.3) is 0 Å². The molecule has 0 aliphatic carbocycles. The number of piperazine rings is 2. The minimum Gasteiger partial charge on any atom is -0.334 e. The summed E-state index contributed by atoms with van der Waals surface area (Å²) < 4.78 is 0. The summed E-state index contributed by atoms with van der Waals surface area (Å²) in [6.45, 7) is 17.5. The number of hydrogen-bond acceptors (Lipinski definition) is 7. The highest BCUT2D eigenvalue weighted by atomic mass is 16.9. The molecule has 2 fully saturated rings. The summed E-state index contributed by atoms with van der Waals surface area (Å²) in [5, 5.41) is 10.3. The van der Waals surface area contributed by atoms with Crippen LogP contribution < -0.4 is 10.6 Å². The molecule has 2 unspecified atom stereocenters. The Labute approximate surface area is 145 Å². The SMILES string of the molecule is CC(C)(C)C1CNCCN1OC(=O)ON1CCNCC1C(C)(C)C. The van der Waals surface area contributed by atoms with Crippen LogP contribution in [-0.2, 0) is 9.68 Å². The Bertz CT molecular complexity index is 393. The Balaban J connectivity index is 1.96. The molecule has 0 amide bonds. The molecule has 2 saturated heterocycles. The van der Waals surface area contributed by atoms with E-state index in [0.29, 0.717) is 13.1 Å². The molecule has 0 aromatic rings. The van der Waals surface area contributed by atoms with Gasteiger partial charge in [-0.1, -0.05) is 41.5 Å². The van der Waals surface area contributed by atoms with Gasteiger partial charge in [-0.15, -0.1) is 10.1 Å². The zero-order chi connectivity index (χ0) is 18.0. The van der Waals surface area contributed by atoms with Crippen LogP contribution in [-0.4, -0.2) is 67.6 Å². The fourth-order valence-corrected chi connectivity index (χ4v) is 3.27. The molecule has 140 valence electrons. The van der Waals surface area contributed by atoms with Crippen molar-refractivity contribution in [2.45, 2.75) is 53.6 Å². The van der Waals surface area contributed by atoms with Crippen LogP contribution in [0.2, 0.25) is 0 Å². The third kappa shape index (κ3) is 5.05. The van der Waals surface area contributed by atoms with Crippen LogP contribution in [0.1, 0.15) is 41.5 Å². The van der Waals surface area contributed by atoms with Gasteiger partial charge in [0.15, 0.2) is 0 Å². The molecule has 0 aromatic carbocycles. The highest BCUT2D eigenvalue weighted by molar-refractivity contribution is 5.59.